The van der Waals surface area contributed by atoms with Crippen LogP contribution in [0.4, 0.5) is 0 Å². The minimum absolute atomic E-state index is 0.110. The molecule has 2 saturated heterocycles. The van der Waals surface area contributed by atoms with Gasteiger partial charge in [0.25, 0.3) is 5.91 Å². The van der Waals surface area contributed by atoms with Gasteiger partial charge in [0.05, 0.1) is 6.61 Å². The quantitative estimate of drug-likeness (QED) is 0.791. The first kappa shape index (κ1) is 15.2. The predicted molar refractivity (Wildman–Crippen MR) is 78.5 cm³/mol. The van der Waals surface area contributed by atoms with Crippen molar-refractivity contribution in [2.24, 2.45) is 5.73 Å². The lowest BCUT2D eigenvalue weighted by Gasteiger charge is -2.19. The second-order valence-corrected chi connectivity index (χ2v) is 5.60. The summed E-state index contributed by atoms with van der Waals surface area (Å²) in [6, 6.07) is 9.49. The zero-order chi connectivity index (χ0) is 16.7. The monoisotopic (exact) mass is 332 g/mol. The molecule has 3 unspecified atom stereocenters. The van der Waals surface area contributed by atoms with Gasteiger partial charge in [0.1, 0.15) is 24.6 Å². The highest BCUT2D eigenvalue weighted by atomic mass is 16.8. The highest BCUT2D eigenvalue weighted by Crippen LogP contribution is 2.43. The Hall–Kier alpha value is -2.33. The molecule has 0 aliphatic carbocycles. The number of benzene rings is 1. The summed E-state index contributed by atoms with van der Waals surface area (Å²) in [6.45, 7) is -0.222. The summed E-state index contributed by atoms with van der Waals surface area (Å²) in [7, 11) is 0. The van der Waals surface area contributed by atoms with Crippen LogP contribution in [0.2, 0.25) is 0 Å². The number of amides is 1. The van der Waals surface area contributed by atoms with Crippen LogP contribution in [0.25, 0.3) is 0 Å². The SMILES string of the molecule is NC(=O)c1ncn([C@H]2O[C@@H](CO)C3OC(c4ccccc4)OC32)n1. The molecule has 2 aromatic rings. The van der Waals surface area contributed by atoms with Crippen molar-refractivity contribution in [3.63, 3.8) is 0 Å². The zero-order valence-electron chi connectivity index (χ0n) is 12.6. The van der Waals surface area contributed by atoms with E-state index >= 15 is 0 Å². The van der Waals surface area contributed by atoms with Crippen molar-refractivity contribution < 1.29 is 24.1 Å². The van der Waals surface area contributed by atoms with E-state index in [4.69, 9.17) is 19.9 Å². The number of nitrogens with two attached hydrogens (primary N) is 1. The molecule has 1 amide bonds. The third-order valence-corrected chi connectivity index (χ3v) is 4.09. The lowest BCUT2D eigenvalue weighted by molar-refractivity contribution is -0.156. The Morgan fingerprint density at radius 3 is 2.62 bits per heavy atom. The number of hydrogen-bond acceptors (Lipinski definition) is 7. The summed E-state index contributed by atoms with van der Waals surface area (Å²) in [5.74, 6) is -0.839. The number of rotatable bonds is 4. The van der Waals surface area contributed by atoms with E-state index in [2.05, 4.69) is 10.1 Å². The summed E-state index contributed by atoms with van der Waals surface area (Å²) >= 11 is 0. The zero-order valence-corrected chi connectivity index (χ0v) is 12.6. The largest absolute Gasteiger partial charge is 0.394 e. The molecule has 2 aliphatic rings. The lowest BCUT2D eigenvalue weighted by atomic mass is 10.1. The summed E-state index contributed by atoms with van der Waals surface area (Å²) in [5, 5.41) is 13.6. The van der Waals surface area contributed by atoms with Crippen LogP contribution in [0.5, 0.6) is 0 Å². The van der Waals surface area contributed by atoms with Crippen molar-refractivity contribution in [2.45, 2.75) is 30.8 Å². The van der Waals surface area contributed by atoms with Gasteiger partial charge in [-0.05, 0) is 0 Å². The fourth-order valence-electron chi connectivity index (χ4n) is 2.97. The fourth-order valence-corrected chi connectivity index (χ4v) is 2.97. The van der Waals surface area contributed by atoms with Crippen LogP contribution in [0.1, 0.15) is 28.7 Å². The molecule has 5 atom stereocenters. The van der Waals surface area contributed by atoms with Crippen molar-refractivity contribution in [1.29, 1.82) is 0 Å². The van der Waals surface area contributed by atoms with Crippen LogP contribution in [-0.2, 0) is 14.2 Å². The summed E-state index contributed by atoms with van der Waals surface area (Å²) in [6.07, 6.45) is -1.38. The summed E-state index contributed by atoms with van der Waals surface area (Å²) < 4.78 is 19.0. The first-order valence-corrected chi connectivity index (χ1v) is 7.50. The third kappa shape index (κ3) is 2.47. The van der Waals surface area contributed by atoms with Crippen molar-refractivity contribution in [3.8, 4) is 0 Å². The van der Waals surface area contributed by atoms with Crippen LogP contribution in [0.3, 0.4) is 0 Å². The van der Waals surface area contributed by atoms with Gasteiger partial charge in [0, 0.05) is 5.56 Å². The number of carbonyl (C=O) groups is 1. The van der Waals surface area contributed by atoms with E-state index in [9.17, 15) is 9.90 Å². The van der Waals surface area contributed by atoms with Gasteiger partial charge in [-0.3, -0.25) is 4.79 Å². The van der Waals surface area contributed by atoms with Crippen molar-refractivity contribution >= 4 is 5.91 Å². The van der Waals surface area contributed by atoms with E-state index in [1.165, 1.54) is 11.0 Å². The maximum absolute atomic E-state index is 11.2. The molecule has 1 aromatic carbocycles. The Bertz CT molecular complexity index is 736. The third-order valence-electron chi connectivity index (χ3n) is 4.09. The molecule has 3 heterocycles. The smallest absolute Gasteiger partial charge is 0.288 e. The normalized spacial score (nSPS) is 32.0. The molecule has 126 valence electrons. The first-order valence-electron chi connectivity index (χ1n) is 7.50. The Balaban J connectivity index is 1.59. The number of hydrogen-bond donors (Lipinski definition) is 2. The van der Waals surface area contributed by atoms with Crippen molar-refractivity contribution in [1.82, 2.24) is 14.8 Å². The van der Waals surface area contributed by atoms with E-state index in [1.54, 1.807) is 0 Å². The molecule has 9 heteroatoms. The van der Waals surface area contributed by atoms with E-state index in [0.29, 0.717) is 0 Å². The number of carbonyl (C=O) groups excluding carboxylic acids is 1. The minimum Gasteiger partial charge on any atom is -0.394 e. The highest BCUT2D eigenvalue weighted by molar-refractivity contribution is 5.88. The Kier molecular flexibility index (Phi) is 3.77. The number of aliphatic hydroxyl groups excluding tert-OH is 1. The Morgan fingerprint density at radius 2 is 1.96 bits per heavy atom. The number of ether oxygens (including phenoxy) is 3. The van der Waals surface area contributed by atoms with Gasteiger partial charge >= 0.3 is 0 Å². The van der Waals surface area contributed by atoms with E-state index in [0.717, 1.165) is 5.56 Å². The van der Waals surface area contributed by atoms with Crippen LogP contribution in [0, 0.1) is 0 Å². The van der Waals surface area contributed by atoms with E-state index < -0.39 is 36.7 Å². The van der Waals surface area contributed by atoms with Gasteiger partial charge in [0.15, 0.2) is 12.5 Å². The number of fused-ring (bicyclic) bond motifs is 1. The summed E-state index contributed by atoms with van der Waals surface area (Å²) in [4.78, 5) is 15.0. The molecular formula is C15H16N4O5. The molecular weight excluding hydrogens is 316 g/mol. The number of aromatic nitrogens is 3. The standard InChI is InChI=1S/C15H16N4O5/c16-12(21)13-17-7-19(18-13)14-11-10(9(6-20)22-14)23-15(24-11)8-4-2-1-3-5-8/h1-5,7,9-11,14-15,20H,6H2,(H2,16,21)/t9-,10?,11?,14-,15?/m0/s1. The second kappa shape index (κ2) is 5.95. The van der Waals surface area contributed by atoms with Gasteiger partial charge < -0.3 is 25.1 Å². The molecule has 2 aliphatic heterocycles. The van der Waals surface area contributed by atoms with Crippen LogP contribution >= 0.6 is 0 Å². The molecule has 0 spiro atoms. The molecule has 0 bridgehead atoms. The molecule has 3 N–H and O–H groups in total. The molecule has 24 heavy (non-hydrogen) atoms. The molecule has 2 fully saturated rings. The van der Waals surface area contributed by atoms with E-state index in [-0.39, 0.29) is 12.4 Å². The van der Waals surface area contributed by atoms with Gasteiger partial charge in [-0.25, -0.2) is 9.67 Å². The molecule has 4 rings (SSSR count). The van der Waals surface area contributed by atoms with E-state index in [1.807, 2.05) is 30.3 Å². The molecule has 0 saturated carbocycles. The predicted octanol–water partition coefficient (Wildman–Crippen LogP) is -0.251. The van der Waals surface area contributed by atoms with Gasteiger partial charge in [0.2, 0.25) is 5.82 Å². The average Bonchev–Trinajstić information content (AvgIpc) is 3.30. The van der Waals surface area contributed by atoms with Gasteiger partial charge in [-0.15, -0.1) is 5.10 Å². The Morgan fingerprint density at radius 1 is 1.21 bits per heavy atom. The first-order chi connectivity index (χ1) is 11.7. The van der Waals surface area contributed by atoms with Crippen molar-refractivity contribution in [3.05, 3.63) is 48.0 Å². The topological polar surface area (TPSA) is 122 Å². The fraction of sp³-hybridized carbons (Fsp3) is 0.400. The second-order valence-electron chi connectivity index (χ2n) is 5.60. The number of primary amides is 1. The minimum atomic E-state index is -0.729. The van der Waals surface area contributed by atoms with Gasteiger partial charge in [-0.2, -0.15) is 0 Å². The Labute approximate surface area is 136 Å². The number of aliphatic hydroxyl groups is 1. The summed E-state index contributed by atoms with van der Waals surface area (Å²) in [5.41, 5.74) is 6.04. The van der Waals surface area contributed by atoms with Crippen LogP contribution in [-0.4, -0.2) is 50.7 Å². The van der Waals surface area contributed by atoms with Crippen LogP contribution in [0.15, 0.2) is 36.7 Å². The lowest BCUT2D eigenvalue weighted by Crippen LogP contribution is -2.30. The molecule has 1 aromatic heterocycles. The van der Waals surface area contributed by atoms with Crippen LogP contribution < -0.4 is 5.73 Å². The molecule has 0 radical (unpaired) electrons. The van der Waals surface area contributed by atoms with Crippen molar-refractivity contribution in [2.75, 3.05) is 6.61 Å². The number of nitrogens with zero attached hydrogens (tertiary/aromatic N) is 3. The average molecular weight is 332 g/mol. The van der Waals surface area contributed by atoms with Gasteiger partial charge in [-0.1, -0.05) is 30.3 Å². The molecule has 9 nitrogen and oxygen atoms in total. The maximum Gasteiger partial charge on any atom is 0.288 e. The highest BCUT2D eigenvalue weighted by Gasteiger charge is 2.53. The maximum atomic E-state index is 11.2.